The molecule has 1 fully saturated rings. The Kier molecular flexibility index (Phi) is 3.83. The van der Waals surface area contributed by atoms with Crippen LogP contribution in [0, 0.1) is 6.92 Å². The molecule has 1 heterocycles. The number of hydrogen-bond acceptors (Lipinski definition) is 3. The average Bonchev–Trinajstić information content (AvgIpc) is 3.16. The van der Waals surface area contributed by atoms with Gasteiger partial charge in [-0.2, -0.15) is 0 Å². The van der Waals surface area contributed by atoms with Crippen molar-refractivity contribution < 1.29 is 4.79 Å². The van der Waals surface area contributed by atoms with Crippen molar-refractivity contribution in [2.75, 3.05) is 0 Å². The van der Waals surface area contributed by atoms with Crippen molar-refractivity contribution in [3.8, 4) is 0 Å². The summed E-state index contributed by atoms with van der Waals surface area (Å²) in [4.78, 5) is 17.5. The molecule has 20 heavy (non-hydrogen) atoms. The van der Waals surface area contributed by atoms with E-state index in [1.165, 1.54) is 5.56 Å². The Morgan fingerprint density at radius 1 is 1.35 bits per heavy atom. The lowest BCUT2D eigenvalue weighted by molar-refractivity contribution is -0.120. The van der Waals surface area contributed by atoms with Gasteiger partial charge in [0.15, 0.2) is 0 Å². The number of amides is 1. The summed E-state index contributed by atoms with van der Waals surface area (Å²) in [6.07, 6.45) is 3.57. The predicted octanol–water partition coefficient (Wildman–Crippen LogP) is 2.86. The Hall–Kier alpha value is -1.68. The van der Waals surface area contributed by atoms with E-state index in [1.54, 1.807) is 11.3 Å². The smallest absolute Gasteiger partial charge is 0.225 e. The Labute approximate surface area is 123 Å². The van der Waals surface area contributed by atoms with Gasteiger partial charge in [-0.1, -0.05) is 30.3 Å². The summed E-state index contributed by atoms with van der Waals surface area (Å²) in [5.74, 6) is 0.130. The van der Waals surface area contributed by atoms with E-state index in [0.717, 1.165) is 34.8 Å². The maximum atomic E-state index is 11.9. The summed E-state index contributed by atoms with van der Waals surface area (Å²) in [5.41, 5.74) is 2.25. The van der Waals surface area contributed by atoms with E-state index in [1.807, 2.05) is 25.1 Å². The first-order chi connectivity index (χ1) is 9.70. The van der Waals surface area contributed by atoms with Crippen LogP contribution in [0.4, 0.5) is 0 Å². The number of nitrogens with one attached hydrogen (secondary N) is 1. The van der Waals surface area contributed by atoms with Gasteiger partial charge in [-0.3, -0.25) is 4.79 Å². The largest absolute Gasteiger partial charge is 0.353 e. The molecular weight excluding hydrogens is 268 g/mol. The molecule has 0 unspecified atom stereocenters. The van der Waals surface area contributed by atoms with Crippen LogP contribution in [0.5, 0.6) is 0 Å². The molecule has 0 radical (unpaired) electrons. The highest BCUT2D eigenvalue weighted by Gasteiger charge is 2.23. The average molecular weight is 286 g/mol. The van der Waals surface area contributed by atoms with E-state index in [0.29, 0.717) is 12.5 Å². The molecule has 1 aromatic carbocycles. The number of carbonyl (C=O) groups excluding carboxylic acids is 1. The standard InChI is InChI=1S/C16H18N2OS/c1-11-14(10-15(19)18-13-7-8-13)20-16(17-11)9-12-5-3-2-4-6-12/h2-6,13H,7-10H2,1H3,(H,18,19). The molecule has 0 aliphatic heterocycles. The third-order valence-corrected chi connectivity index (χ3v) is 4.56. The first kappa shape index (κ1) is 13.3. The number of nitrogens with zero attached hydrogens (tertiary/aromatic N) is 1. The van der Waals surface area contributed by atoms with Crippen LogP contribution in [0.25, 0.3) is 0 Å². The molecule has 3 rings (SSSR count). The minimum absolute atomic E-state index is 0.130. The normalized spacial score (nSPS) is 14.2. The monoisotopic (exact) mass is 286 g/mol. The van der Waals surface area contributed by atoms with Gasteiger partial charge in [0.1, 0.15) is 0 Å². The van der Waals surface area contributed by atoms with E-state index in [2.05, 4.69) is 22.4 Å². The second-order valence-electron chi connectivity index (χ2n) is 5.30. The highest BCUT2D eigenvalue weighted by atomic mass is 32.1. The van der Waals surface area contributed by atoms with E-state index >= 15 is 0 Å². The molecular formula is C16H18N2OS. The molecule has 1 aliphatic rings. The van der Waals surface area contributed by atoms with Crippen LogP contribution in [-0.4, -0.2) is 16.9 Å². The molecule has 1 aromatic heterocycles. The summed E-state index contributed by atoms with van der Waals surface area (Å²) < 4.78 is 0. The van der Waals surface area contributed by atoms with Crippen LogP contribution in [-0.2, 0) is 17.6 Å². The maximum Gasteiger partial charge on any atom is 0.225 e. The fraction of sp³-hybridized carbons (Fsp3) is 0.375. The molecule has 0 atom stereocenters. The van der Waals surface area contributed by atoms with Crippen LogP contribution < -0.4 is 5.32 Å². The lowest BCUT2D eigenvalue weighted by atomic mass is 10.2. The van der Waals surface area contributed by atoms with Crippen molar-refractivity contribution >= 4 is 17.2 Å². The predicted molar refractivity (Wildman–Crippen MR) is 81.0 cm³/mol. The Morgan fingerprint density at radius 3 is 2.80 bits per heavy atom. The second-order valence-corrected chi connectivity index (χ2v) is 6.47. The zero-order valence-corrected chi connectivity index (χ0v) is 12.4. The zero-order chi connectivity index (χ0) is 13.9. The molecule has 0 saturated heterocycles. The van der Waals surface area contributed by atoms with Gasteiger partial charge >= 0.3 is 0 Å². The molecule has 2 aromatic rings. The highest BCUT2D eigenvalue weighted by molar-refractivity contribution is 7.11. The molecule has 1 saturated carbocycles. The lowest BCUT2D eigenvalue weighted by Crippen LogP contribution is -2.26. The van der Waals surface area contributed by atoms with E-state index < -0.39 is 0 Å². The molecule has 0 bridgehead atoms. The fourth-order valence-corrected chi connectivity index (χ4v) is 3.25. The Balaban J connectivity index is 1.65. The van der Waals surface area contributed by atoms with Crippen molar-refractivity contribution in [3.05, 3.63) is 51.5 Å². The van der Waals surface area contributed by atoms with Gasteiger partial charge in [-0.15, -0.1) is 11.3 Å². The Bertz CT molecular complexity index is 602. The second kappa shape index (κ2) is 5.75. The lowest BCUT2D eigenvalue weighted by Gasteiger charge is -2.01. The van der Waals surface area contributed by atoms with Gasteiger partial charge in [0.05, 0.1) is 17.1 Å². The summed E-state index contributed by atoms with van der Waals surface area (Å²) >= 11 is 1.66. The van der Waals surface area contributed by atoms with Crippen LogP contribution >= 0.6 is 11.3 Å². The minimum Gasteiger partial charge on any atom is -0.353 e. The number of aromatic nitrogens is 1. The number of carbonyl (C=O) groups is 1. The molecule has 1 aliphatic carbocycles. The third-order valence-electron chi connectivity index (χ3n) is 3.40. The highest BCUT2D eigenvalue weighted by Crippen LogP contribution is 2.23. The van der Waals surface area contributed by atoms with Gasteiger partial charge in [-0.25, -0.2) is 4.98 Å². The minimum atomic E-state index is 0.130. The maximum absolute atomic E-state index is 11.9. The fourth-order valence-electron chi connectivity index (χ4n) is 2.15. The van der Waals surface area contributed by atoms with E-state index in [9.17, 15) is 4.79 Å². The van der Waals surface area contributed by atoms with Gasteiger partial charge in [0.25, 0.3) is 0 Å². The van der Waals surface area contributed by atoms with Crippen molar-refractivity contribution in [2.45, 2.75) is 38.6 Å². The topological polar surface area (TPSA) is 42.0 Å². The van der Waals surface area contributed by atoms with Crippen molar-refractivity contribution in [1.82, 2.24) is 10.3 Å². The summed E-state index contributed by atoms with van der Waals surface area (Å²) in [7, 11) is 0. The van der Waals surface area contributed by atoms with Crippen molar-refractivity contribution in [1.29, 1.82) is 0 Å². The molecule has 4 heteroatoms. The number of benzene rings is 1. The third kappa shape index (κ3) is 3.45. The van der Waals surface area contributed by atoms with Gasteiger partial charge in [-0.05, 0) is 25.3 Å². The van der Waals surface area contributed by atoms with Gasteiger partial charge in [0, 0.05) is 17.3 Å². The number of rotatable bonds is 5. The summed E-state index contributed by atoms with van der Waals surface area (Å²) in [6.45, 7) is 1.99. The molecule has 3 nitrogen and oxygen atoms in total. The summed E-state index contributed by atoms with van der Waals surface area (Å²) in [5, 5.41) is 4.11. The van der Waals surface area contributed by atoms with E-state index in [4.69, 9.17) is 0 Å². The van der Waals surface area contributed by atoms with Crippen molar-refractivity contribution in [3.63, 3.8) is 0 Å². The van der Waals surface area contributed by atoms with Gasteiger partial charge in [0.2, 0.25) is 5.91 Å². The number of aryl methyl sites for hydroxylation is 1. The van der Waals surface area contributed by atoms with Crippen LogP contribution in [0.2, 0.25) is 0 Å². The first-order valence-corrected chi connectivity index (χ1v) is 7.81. The van der Waals surface area contributed by atoms with Crippen LogP contribution in [0.1, 0.15) is 34.0 Å². The van der Waals surface area contributed by atoms with Crippen LogP contribution in [0.15, 0.2) is 30.3 Å². The zero-order valence-electron chi connectivity index (χ0n) is 11.6. The Morgan fingerprint density at radius 2 is 2.10 bits per heavy atom. The molecule has 1 amide bonds. The number of thiazole rings is 1. The van der Waals surface area contributed by atoms with Crippen molar-refractivity contribution in [2.24, 2.45) is 0 Å². The van der Waals surface area contributed by atoms with Gasteiger partial charge < -0.3 is 5.32 Å². The van der Waals surface area contributed by atoms with Crippen LogP contribution in [0.3, 0.4) is 0 Å². The molecule has 0 spiro atoms. The quantitative estimate of drug-likeness (QED) is 0.918. The molecule has 1 N–H and O–H groups in total. The SMILES string of the molecule is Cc1nc(Cc2ccccc2)sc1CC(=O)NC1CC1. The van der Waals surface area contributed by atoms with E-state index in [-0.39, 0.29) is 5.91 Å². The molecule has 104 valence electrons. The number of hydrogen-bond donors (Lipinski definition) is 1. The summed E-state index contributed by atoms with van der Waals surface area (Å²) in [6, 6.07) is 10.7. The first-order valence-electron chi connectivity index (χ1n) is 6.99.